The molecule has 158 valence electrons. The van der Waals surface area contributed by atoms with Crippen LogP contribution in [0.4, 0.5) is 0 Å². The summed E-state index contributed by atoms with van der Waals surface area (Å²) >= 11 is 0. The predicted molar refractivity (Wildman–Crippen MR) is 111 cm³/mol. The van der Waals surface area contributed by atoms with Gasteiger partial charge in [-0.2, -0.15) is 5.10 Å². The van der Waals surface area contributed by atoms with Gasteiger partial charge in [-0.25, -0.2) is 0 Å². The number of aromatic nitrogens is 2. The van der Waals surface area contributed by atoms with Crippen LogP contribution >= 0.6 is 0 Å². The van der Waals surface area contributed by atoms with E-state index >= 15 is 0 Å². The van der Waals surface area contributed by atoms with Gasteiger partial charge in [-0.3, -0.25) is 19.1 Å². The van der Waals surface area contributed by atoms with Gasteiger partial charge in [0.2, 0.25) is 5.91 Å². The van der Waals surface area contributed by atoms with E-state index < -0.39 is 0 Å². The van der Waals surface area contributed by atoms with Crippen LogP contribution in [0.1, 0.15) is 45.8 Å². The Labute approximate surface area is 176 Å². The van der Waals surface area contributed by atoms with Crippen LogP contribution in [-0.4, -0.2) is 75.4 Å². The predicted octanol–water partition coefficient (Wildman–Crippen LogP) is 1.62. The lowest BCUT2D eigenvalue weighted by Crippen LogP contribution is -2.40. The van der Waals surface area contributed by atoms with Gasteiger partial charge in [0.25, 0.3) is 11.8 Å². The van der Waals surface area contributed by atoms with E-state index in [-0.39, 0.29) is 30.0 Å². The van der Waals surface area contributed by atoms with Gasteiger partial charge < -0.3 is 14.7 Å². The lowest BCUT2D eigenvalue weighted by atomic mass is 10.2. The highest BCUT2D eigenvalue weighted by Gasteiger charge is 2.28. The Morgan fingerprint density at radius 1 is 1.03 bits per heavy atom. The fourth-order valence-corrected chi connectivity index (χ4v) is 4.03. The number of amides is 3. The first-order chi connectivity index (χ1) is 14.5. The monoisotopic (exact) mass is 409 g/mol. The molecule has 0 N–H and O–H groups in total. The minimum absolute atomic E-state index is 0.0229. The summed E-state index contributed by atoms with van der Waals surface area (Å²) in [6.45, 7) is 3.28. The first-order valence-electron chi connectivity index (χ1n) is 10.5. The van der Waals surface area contributed by atoms with Crippen molar-refractivity contribution < 1.29 is 14.4 Å². The zero-order valence-corrected chi connectivity index (χ0v) is 17.3. The van der Waals surface area contributed by atoms with Gasteiger partial charge in [0.05, 0.1) is 6.54 Å². The van der Waals surface area contributed by atoms with E-state index in [2.05, 4.69) is 5.10 Å². The van der Waals surface area contributed by atoms with Crippen LogP contribution in [0.25, 0.3) is 0 Å². The highest BCUT2D eigenvalue weighted by Crippen LogP contribution is 2.17. The van der Waals surface area contributed by atoms with E-state index in [0.29, 0.717) is 25.3 Å². The molecular formula is C22H27N5O3. The minimum Gasteiger partial charge on any atom is -0.341 e. The highest BCUT2D eigenvalue weighted by molar-refractivity contribution is 5.99. The Hall–Kier alpha value is -3.16. The maximum atomic E-state index is 13.1. The maximum Gasteiger partial charge on any atom is 0.274 e. The van der Waals surface area contributed by atoms with E-state index in [0.717, 1.165) is 37.9 Å². The molecule has 2 aliphatic heterocycles. The van der Waals surface area contributed by atoms with E-state index in [1.54, 1.807) is 27.6 Å². The second-order valence-corrected chi connectivity index (χ2v) is 7.95. The minimum atomic E-state index is -0.342. The number of rotatable bonds is 5. The normalized spacial score (nSPS) is 16.4. The maximum absolute atomic E-state index is 13.1. The van der Waals surface area contributed by atoms with Crippen molar-refractivity contribution in [1.29, 1.82) is 0 Å². The van der Waals surface area contributed by atoms with Crippen molar-refractivity contribution in [3.63, 3.8) is 0 Å². The molecule has 0 unspecified atom stereocenters. The average Bonchev–Trinajstić information content (AvgIpc) is 3.41. The third-order valence-electron chi connectivity index (χ3n) is 5.70. The number of likely N-dealkylation sites (N-methyl/N-ethyl adjacent to an activating group) is 1. The molecule has 8 heteroatoms. The molecule has 1 aromatic carbocycles. The van der Waals surface area contributed by atoms with Gasteiger partial charge in [-0.15, -0.1) is 0 Å². The Balaban J connectivity index is 1.46. The quantitative estimate of drug-likeness (QED) is 0.752. The lowest BCUT2D eigenvalue weighted by molar-refractivity contribution is -0.130. The molecule has 1 saturated heterocycles. The second-order valence-electron chi connectivity index (χ2n) is 7.95. The fourth-order valence-electron chi connectivity index (χ4n) is 4.03. The molecule has 0 atom stereocenters. The number of benzene rings is 1. The van der Waals surface area contributed by atoms with Crippen LogP contribution in [0.3, 0.4) is 0 Å². The summed E-state index contributed by atoms with van der Waals surface area (Å²) in [7, 11) is 1.60. The molecule has 0 saturated carbocycles. The summed E-state index contributed by atoms with van der Waals surface area (Å²) in [4.78, 5) is 43.2. The van der Waals surface area contributed by atoms with E-state index in [1.807, 2.05) is 30.3 Å². The number of nitrogens with zero attached hydrogens (tertiary/aromatic N) is 5. The zero-order chi connectivity index (χ0) is 21.1. The van der Waals surface area contributed by atoms with Crippen molar-refractivity contribution in [3.05, 3.63) is 53.3 Å². The van der Waals surface area contributed by atoms with Crippen LogP contribution in [0.15, 0.2) is 36.4 Å². The summed E-state index contributed by atoms with van der Waals surface area (Å²) in [5, 5.41) is 4.38. The Bertz CT molecular complexity index is 934. The standard InChI is InChI=1S/C22H27N5O3/c1-24(16-20(28)25-10-5-6-11-25)21(29)18-14-19-22(30)26(12-7-13-27(19)23-18)15-17-8-3-2-4-9-17/h2-4,8-9,14H,5-7,10-13,15-16H2,1H3. The highest BCUT2D eigenvalue weighted by atomic mass is 16.2. The second kappa shape index (κ2) is 8.69. The van der Waals surface area contributed by atoms with Crippen molar-refractivity contribution in [2.75, 3.05) is 33.2 Å². The van der Waals surface area contributed by atoms with Gasteiger partial charge in [-0.1, -0.05) is 30.3 Å². The molecular weight excluding hydrogens is 382 g/mol. The SMILES string of the molecule is CN(CC(=O)N1CCCC1)C(=O)c1cc2n(n1)CCCN(Cc1ccccc1)C2=O. The number of hydrogen-bond donors (Lipinski definition) is 0. The smallest absolute Gasteiger partial charge is 0.274 e. The van der Waals surface area contributed by atoms with Crippen molar-refractivity contribution >= 4 is 17.7 Å². The summed E-state index contributed by atoms with van der Waals surface area (Å²) in [6, 6.07) is 11.4. The van der Waals surface area contributed by atoms with Gasteiger partial charge in [-0.05, 0) is 24.8 Å². The van der Waals surface area contributed by atoms with Crippen molar-refractivity contribution in [3.8, 4) is 0 Å². The fraction of sp³-hybridized carbons (Fsp3) is 0.455. The van der Waals surface area contributed by atoms with Gasteiger partial charge >= 0.3 is 0 Å². The summed E-state index contributed by atoms with van der Waals surface area (Å²) in [6.07, 6.45) is 2.79. The molecule has 1 fully saturated rings. The molecule has 0 spiro atoms. The number of carbonyl (C=O) groups is 3. The number of aryl methyl sites for hydroxylation is 1. The molecule has 1 aromatic heterocycles. The molecule has 8 nitrogen and oxygen atoms in total. The van der Waals surface area contributed by atoms with Crippen molar-refractivity contribution in [2.24, 2.45) is 0 Å². The largest absolute Gasteiger partial charge is 0.341 e. The summed E-state index contributed by atoms with van der Waals surface area (Å²) in [5.41, 5.74) is 1.69. The van der Waals surface area contributed by atoms with E-state index in [1.165, 1.54) is 4.90 Å². The van der Waals surface area contributed by atoms with Gasteiger partial charge in [0.15, 0.2) is 5.69 Å². The molecule has 0 radical (unpaired) electrons. The Morgan fingerprint density at radius 3 is 2.50 bits per heavy atom. The molecule has 30 heavy (non-hydrogen) atoms. The molecule has 4 rings (SSSR count). The van der Waals surface area contributed by atoms with Crippen LogP contribution in [0.5, 0.6) is 0 Å². The van der Waals surface area contributed by atoms with Crippen LogP contribution in [0, 0.1) is 0 Å². The van der Waals surface area contributed by atoms with E-state index in [4.69, 9.17) is 0 Å². The Kier molecular flexibility index (Phi) is 5.83. The first kappa shape index (κ1) is 20.1. The van der Waals surface area contributed by atoms with Crippen LogP contribution < -0.4 is 0 Å². The number of carbonyl (C=O) groups excluding carboxylic acids is 3. The third-order valence-corrected chi connectivity index (χ3v) is 5.70. The lowest BCUT2D eigenvalue weighted by Gasteiger charge is -2.21. The Morgan fingerprint density at radius 2 is 1.77 bits per heavy atom. The summed E-state index contributed by atoms with van der Waals surface area (Å²) in [5.74, 6) is -0.515. The average molecular weight is 409 g/mol. The topological polar surface area (TPSA) is 78.8 Å². The molecule has 2 aromatic rings. The van der Waals surface area contributed by atoms with Gasteiger partial charge in [0, 0.05) is 45.8 Å². The van der Waals surface area contributed by atoms with Crippen molar-refractivity contribution in [1.82, 2.24) is 24.5 Å². The zero-order valence-electron chi connectivity index (χ0n) is 17.3. The van der Waals surface area contributed by atoms with Crippen LogP contribution in [-0.2, 0) is 17.9 Å². The van der Waals surface area contributed by atoms with E-state index in [9.17, 15) is 14.4 Å². The van der Waals surface area contributed by atoms with Gasteiger partial charge in [0.1, 0.15) is 5.69 Å². The molecule has 3 amide bonds. The molecule has 0 bridgehead atoms. The first-order valence-corrected chi connectivity index (χ1v) is 10.5. The van der Waals surface area contributed by atoms with Crippen molar-refractivity contribution in [2.45, 2.75) is 32.4 Å². The van der Waals surface area contributed by atoms with Crippen LogP contribution in [0.2, 0.25) is 0 Å². The number of fused-ring (bicyclic) bond motifs is 1. The molecule has 3 heterocycles. The molecule has 0 aliphatic carbocycles. The molecule has 2 aliphatic rings. The number of likely N-dealkylation sites (tertiary alicyclic amines) is 1. The number of hydrogen-bond acceptors (Lipinski definition) is 4. The summed E-state index contributed by atoms with van der Waals surface area (Å²) < 4.78 is 1.62. The third kappa shape index (κ3) is 4.22.